The number of hydrogen-bond donors (Lipinski definition) is 1. The van der Waals surface area contributed by atoms with E-state index in [-0.39, 0.29) is 11.8 Å². The van der Waals surface area contributed by atoms with Gasteiger partial charge in [0, 0.05) is 25.9 Å². The van der Waals surface area contributed by atoms with E-state index in [2.05, 4.69) is 16.5 Å². The molecule has 2 amide bonds. The summed E-state index contributed by atoms with van der Waals surface area (Å²) >= 11 is 0. The Hall–Kier alpha value is -1.89. The van der Waals surface area contributed by atoms with Crippen molar-refractivity contribution in [3.63, 3.8) is 0 Å². The second-order valence-corrected chi connectivity index (χ2v) is 8.84. The molecule has 0 bridgehead atoms. The maximum Gasteiger partial charge on any atom is 0.417 e. The zero-order valence-electron chi connectivity index (χ0n) is 18.2. The standard InChI is InChI=1S/C21H36N4O3/c1-16-14-18(24(5)23-16)15-22-12-9-13-25(20(27)28-21(2,3)4)19(26)17-10-7-6-8-11-17/h14,17,22H,6-13,15H2,1-5H3/p+1. The zero-order chi connectivity index (χ0) is 20.7. The maximum absolute atomic E-state index is 13.0. The number of nitrogens with zero attached hydrogens (tertiary/aromatic N) is 3. The first kappa shape index (κ1) is 22.4. The van der Waals surface area contributed by atoms with E-state index in [1.54, 1.807) is 0 Å². The van der Waals surface area contributed by atoms with Gasteiger partial charge in [0.15, 0.2) is 0 Å². The van der Waals surface area contributed by atoms with Crippen LogP contribution in [0, 0.1) is 12.8 Å². The van der Waals surface area contributed by atoms with Crippen LogP contribution in [0.1, 0.15) is 70.7 Å². The van der Waals surface area contributed by atoms with Crippen molar-refractivity contribution in [2.45, 2.75) is 78.4 Å². The van der Waals surface area contributed by atoms with Crippen molar-refractivity contribution in [2.75, 3.05) is 13.1 Å². The molecule has 1 aliphatic carbocycles. The Morgan fingerprint density at radius 3 is 2.54 bits per heavy atom. The van der Waals surface area contributed by atoms with Crippen molar-refractivity contribution in [2.24, 2.45) is 13.0 Å². The highest BCUT2D eigenvalue weighted by Gasteiger charge is 2.32. The van der Waals surface area contributed by atoms with Gasteiger partial charge in [-0.15, -0.1) is 0 Å². The van der Waals surface area contributed by atoms with Gasteiger partial charge in [0.1, 0.15) is 12.1 Å². The van der Waals surface area contributed by atoms with Gasteiger partial charge in [-0.25, -0.2) is 9.69 Å². The van der Waals surface area contributed by atoms with Gasteiger partial charge >= 0.3 is 6.09 Å². The van der Waals surface area contributed by atoms with Crippen molar-refractivity contribution in [3.8, 4) is 0 Å². The van der Waals surface area contributed by atoms with Crippen LogP contribution in [0.2, 0.25) is 0 Å². The van der Waals surface area contributed by atoms with Crippen molar-refractivity contribution in [1.29, 1.82) is 0 Å². The van der Waals surface area contributed by atoms with Crippen LogP contribution in [-0.4, -0.2) is 45.4 Å². The first-order valence-corrected chi connectivity index (χ1v) is 10.5. The molecule has 1 aromatic rings. The Morgan fingerprint density at radius 2 is 1.96 bits per heavy atom. The van der Waals surface area contributed by atoms with Crippen LogP contribution in [0.5, 0.6) is 0 Å². The van der Waals surface area contributed by atoms with E-state index in [9.17, 15) is 9.59 Å². The summed E-state index contributed by atoms with van der Waals surface area (Å²) < 4.78 is 7.40. The molecule has 158 valence electrons. The summed E-state index contributed by atoms with van der Waals surface area (Å²) in [5.41, 5.74) is 1.57. The molecule has 7 nitrogen and oxygen atoms in total. The molecule has 28 heavy (non-hydrogen) atoms. The first-order valence-electron chi connectivity index (χ1n) is 10.5. The molecule has 2 N–H and O–H groups in total. The average Bonchev–Trinajstić information content (AvgIpc) is 2.94. The van der Waals surface area contributed by atoms with Crippen molar-refractivity contribution < 1.29 is 19.6 Å². The van der Waals surface area contributed by atoms with Crippen LogP contribution in [0.15, 0.2) is 6.07 Å². The number of nitrogens with two attached hydrogens (primary N) is 1. The van der Waals surface area contributed by atoms with E-state index in [0.717, 1.165) is 50.9 Å². The molecular formula is C21H37N4O3+. The van der Waals surface area contributed by atoms with Crippen LogP contribution in [0.4, 0.5) is 4.79 Å². The number of imide groups is 1. The third-order valence-corrected chi connectivity index (χ3v) is 5.08. The highest BCUT2D eigenvalue weighted by atomic mass is 16.6. The molecule has 1 aromatic heterocycles. The summed E-state index contributed by atoms with van der Waals surface area (Å²) in [4.78, 5) is 26.9. The Bertz CT molecular complexity index is 657. The first-order chi connectivity index (χ1) is 13.2. The highest BCUT2D eigenvalue weighted by Crippen LogP contribution is 2.26. The molecule has 0 atom stereocenters. The van der Waals surface area contributed by atoms with Gasteiger partial charge < -0.3 is 10.1 Å². The fourth-order valence-corrected chi connectivity index (χ4v) is 3.68. The molecule has 0 aromatic carbocycles. The lowest BCUT2D eigenvalue weighted by molar-refractivity contribution is -0.671. The molecule has 0 unspecified atom stereocenters. The normalized spacial score (nSPS) is 15.5. The SMILES string of the molecule is Cc1cc(C[NH2+]CCCN(C(=O)OC(C)(C)C)C(=O)C2CCCCC2)n(C)n1. The second-order valence-electron chi connectivity index (χ2n) is 8.84. The number of hydrogen-bond acceptors (Lipinski definition) is 4. The van der Waals surface area contributed by atoms with Crippen molar-refractivity contribution >= 4 is 12.0 Å². The van der Waals surface area contributed by atoms with Gasteiger partial charge in [0.25, 0.3) is 0 Å². The summed E-state index contributed by atoms with van der Waals surface area (Å²) in [6.45, 7) is 9.56. The molecule has 1 aliphatic rings. The number of ether oxygens (including phenoxy) is 1. The molecule has 0 spiro atoms. The number of quaternary nitrogens is 1. The molecule has 1 fully saturated rings. The third kappa shape index (κ3) is 6.93. The third-order valence-electron chi connectivity index (χ3n) is 5.08. The van der Waals surface area contributed by atoms with E-state index in [1.807, 2.05) is 39.4 Å². The topological polar surface area (TPSA) is 81.0 Å². The Balaban J connectivity index is 1.88. The molecule has 2 rings (SSSR count). The minimum Gasteiger partial charge on any atom is -0.443 e. The molecule has 1 saturated carbocycles. The fourth-order valence-electron chi connectivity index (χ4n) is 3.68. The minimum atomic E-state index is -0.605. The van der Waals surface area contributed by atoms with E-state index >= 15 is 0 Å². The molecular weight excluding hydrogens is 356 g/mol. The number of aromatic nitrogens is 2. The van der Waals surface area contributed by atoms with E-state index in [4.69, 9.17) is 4.74 Å². The van der Waals surface area contributed by atoms with E-state index < -0.39 is 11.7 Å². The summed E-state index contributed by atoms with van der Waals surface area (Å²) in [7, 11) is 1.95. The average molecular weight is 394 g/mol. The lowest BCUT2D eigenvalue weighted by atomic mass is 9.88. The smallest absolute Gasteiger partial charge is 0.417 e. The largest absolute Gasteiger partial charge is 0.443 e. The number of carbonyl (C=O) groups is 2. The number of carbonyl (C=O) groups excluding carboxylic acids is 2. The monoisotopic (exact) mass is 393 g/mol. The van der Waals surface area contributed by atoms with Crippen molar-refractivity contribution in [3.05, 3.63) is 17.5 Å². The summed E-state index contributed by atoms with van der Waals surface area (Å²) in [6, 6.07) is 2.08. The van der Waals surface area contributed by atoms with Gasteiger partial charge in [0.2, 0.25) is 5.91 Å². The number of rotatable bonds is 7. The van der Waals surface area contributed by atoms with Crippen LogP contribution in [0.25, 0.3) is 0 Å². The van der Waals surface area contributed by atoms with Crippen LogP contribution >= 0.6 is 0 Å². The quantitative estimate of drug-likeness (QED) is 0.722. The van der Waals surface area contributed by atoms with Crippen molar-refractivity contribution in [1.82, 2.24) is 14.7 Å². The van der Waals surface area contributed by atoms with E-state index in [1.165, 1.54) is 17.0 Å². The zero-order valence-corrected chi connectivity index (χ0v) is 18.2. The van der Waals surface area contributed by atoms with Gasteiger partial charge in [-0.1, -0.05) is 19.3 Å². The summed E-state index contributed by atoms with van der Waals surface area (Å²) in [5.74, 6) is -0.0983. The predicted molar refractivity (Wildman–Crippen MR) is 108 cm³/mol. The number of amides is 2. The number of aryl methyl sites for hydroxylation is 2. The second kappa shape index (κ2) is 10.0. The van der Waals surface area contributed by atoms with Gasteiger partial charge in [-0.2, -0.15) is 5.10 Å². The summed E-state index contributed by atoms with van der Waals surface area (Å²) in [6.07, 6.45) is 5.30. The van der Waals surface area contributed by atoms with Gasteiger partial charge in [-0.05, 0) is 46.6 Å². The fraction of sp³-hybridized carbons (Fsp3) is 0.762. The van der Waals surface area contributed by atoms with E-state index in [0.29, 0.717) is 6.54 Å². The Labute approximate surface area is 168 Å². The molecule has 0 aliphatic heterocycles. The Morgan fingerprint density at radius 1 is 1.29 bits per heavy atom. The molecule has 0 saturated heterocycles. The molecule has 7 heteroatoms. The van der Waals surface area contributed by atoms with Crippen LogP contribution in [0.3, 0.4) is 0 Å². The lowest BCUT2D eigenvalue weighted by Crippen LogP contribution is -2.83. The molecule has 0 radical (unpaired) electrons. The molecule has 1 heterocycles. The maximum atomic E-state index is 13.0. The van der Waals surface area contributed by atoms with Crippen LogP contribution < -0.4 is 5.32 Å². The summed E-state index contributed by atoms with van der Waals surface area (Å²) in [5, 5.41) is 6.54. The highest BCUT2D eigenvalue weighted by molar-refractivity contribution is 5.93. The predicted octanol–water partition coefficient (Wildman–Crippen LogP) is 2.53. The lowest BCUT2D eigenvalue weighted by Gasteiger charge is -2.30. The Kier molecular flexibility index (Phi) is 8.04. The minimum absolute atomic E-state index is 0.0392. The van der Waals surface area contributed by atoms with Gasteiger partial charge in [-0.3, -0.25) is 9.48 Å². The van der Waals surface area contributed by atoms with Crippen LogP contribution in [-0.2, 0) is 23.1 Å². The van der Waals surface area contributed by atoms with Gasteiger partial charge in [0.05, 0.1) is 17.9 Å².